The van der Waals surface area contributed by atoms with Gasteiger partial charge in [0.15, 0.2) is 0 Å². The first-order chi connectivity index (χ1) is 8.56. The number of halogens is 3. The van der Waals surface area contributed by atoms with Crippen LogP contribution in [0.15, 0.2) is 46.9 Å². The van der Waals surface area contributed by atoms with Crippen molar-refractivity contribution in [3.8, 4) is 0 Å². The fraction of sp³-hybridized carbons (Fsp3) is 0.143. The van der Waals surface area contributed by atoms with Crippen molar-refractivity contribution < 1.29 is 5.11 Å². The standard InChI is InChI=1S/C14H11BrCl2O/c15-10-4-5-13(17)12(8-10)14(18)7-9-2-1-3-11(16)6-9/h1-6,8,14,18H,7H2. The van der Waals surface area contributed by atoms with E-state index in [2.05, 4.69) is 15.9 Å². The molecule has 0 heterocycles. The first-order valence-electron chi connectivity index (χ1n) is 5.44. The Bertz CT molecular complexity index is 557. The van der Waals surface area contributed by atoms with E-state index in [-0.39, 0.29) is 0 Å². The van der Waals surface area contributed by atoms with Crippen LogP contribution < -0.4 is 0 Å². The van der Waals surface area contributed by atoms with Crippen LogP contribution in [0.25, 0.3) is 0 Å². The van der Waals surface area contributed by atoms with E-state index in [9.17, 15) is 5.11 Å². The van der Waals surface area contributed by atoms with Crippen LogP contribution in [0.4, 0.5) is 0 Å². The van der Waals surface area contributed by atoms with Crippen molar-refractivity contribution in [2.75, 3.05) is 0 Å². The number of aliphatic hydroxyl groups is 1. The molecule has 0 aromatic heterocycles. The average Bonchev–Trinajstić information content (AvgIpc) is 2.32. The maximum absolute atomic E-state index is 10.2. The van der Waals surface area contributed by atoms with Crippen LogP contribution in [0, 0.1) is 0 Å². The number of benzene rings is 2. The molecule has 94 valence electrons. The zero-order valence-corrected chi connectivity index (χ0v) is 12.5. The van der Waals surface area contributed by atoms with Gasteiger partial charge in [0.2, 0.25) is 0 Å². The normalized spacial score (nSPS) is 12.4. The van der Waals surface area contributed by atoms with Crippen LogP contribution >= 0.6 is 39.1 Å². The molecule has 2 aromatic carbocycles. The third-order valence-electron chi connectivity index (χ3n) is 2.64. The molecule has 0 spiro atoms. The molecule has 1 atom stereocenters. The lowest BCUT2D eigenvalue weighted by Crippen LogP contribution is -2.02. The molecular weight excluding hydrogens is 335 g/mol. The topological polar surface area (TPSA) is 20.2 Å². The van der Waals surface area contributed by atoms with Crippen molar-refractivity contribution in [2.45, 2.75) is 12.5 Å². The minimum absolute atomic E-state index is 0.483. The Labute approximate surface area is 124 Å². The van der Waals surface area contributed by atoms with Gasteiger partial charge in [0.1, 0.15) is 0 Å². The van der Waals surface area contributed by atoms with Crippen LogP contribution in [0.3, 0.4) is 0 Å². The van der Waals surface area contributed by atoms with Gasteiger partial charge in [0, 0.05) is 26.5 Å². The molecule has 0 saturated carbocycles. The number of aliphatic hydroxyl groups excluding tert-OH is 1. The molecule has 0 fully saturated rings. The minimum atomic E-state index is -0.645. The Balaban J connectivity index is 2.21. The van der Waals surface area contributed by atoms with E-state index in [0.717, 1.165) is 10.0 Å². The summed E-state index contributed by atoms with van der Waals surface area (Å²) in [6.45, 7) is 0. The lowest BCUT2D eigenvalue weighted by molar-refractivity contribution is 0.178. The highest BCUT2D eigenvalue weighted by Crippen LogP contribution is 2.29. The van der Waals surface area contributed by atoms with Gasteiger partial charge in [-0.15, -0.1) is 0 Å². The predicted octanol–water partition coefficient (Wildman–Crippen LogP) is 5.03. The molecule has 0 saturated heterocycles. The van der Waals surface area contributed by atoms with Crippen molar-refractivity contribution in [2.24, 2.45) is 0 Å². The van der Waals surface area contributed by atoms with Gasteiger partial charge in [0.25, 0.3) is 0 Å². The molecular formula is C14H11BrCl2O. The molecule has 0 radical (unpaired) electrons. The van der Waals surface area contributed by atoms with Gasteiger partial charge in [-0.1, -0.05) is 51.3 Å². The molecule has 18 heavy (non-hydrogen) atoms. The molecule has 1 unspecified atom stereocenters. The van der Waals surface area contributed by atoms with Gasteiger partial charge in [-0.3, -0.25) is 0 Å². The summed E-state index contributed by atoms with van der Waals surface area (Å²) in [7, 11) is 0. The Morgan fingerprint density at radius 3 is 2.61 bits per heavy atom. The fourth-order valence-corrected chi connectivity index (χ4v) is 2.60. The van der Waals surface area contributed by atoms with Crippen molar-refractivity contribution in [3.05, 3.63) is 68.1 Å². The second kappa shape index (κ2) is 6.07. The Morgan fingerprint density at radius 1 is 1.11 bits per heavy atom. The first-order valence-corrected chi connectivity index (χ1v) is 6.98. The van der Waals surface area contributed by atoms with E-state index in [0.29, 0.717) is 22.0 Å². The van der Waals surface area contributed by atoms with Gasteiger partial charge >= 0.3 is 0 Å². The van der Waals surface area contributed by atoms with Crippen molar-refractivity contribution in [1.82, 2.24) is 0 Å². The van der Waals surface area contributed by atoms with Crippen LogP contribution in [-0.4, -0.2) is 5.11 Å². The van der Waals surface area contributed by atoms with Crippen molar-refractivity contribution >= 4 is 39.1 Å². The van der Waals surface area contributed by atoms with E-state index < -0.39 is 6.10 Å². The summed E-state index contributed by atoms with van der Waals surface area (Å²) in [6, 6.07) is 12.9. The van der Waals surface area contributed by atoms with Gasteiger partial charge in [-0.25, -0.2) is 0 Å². The monoisotopic (exact) mass is 344 g/mol. The molecule has 2 aromatic rings. The van der Waals surface area contributed by atoms with Crippen molar-refractivity contribution in [3.63, 3.8) is 0 Å². The second-order valence-electron chi connectivity index (χ2n) is 4.02. The van der Waals surface area contributed by atoms with Gasteiger partial charge in [-0.2, -0.15) is 0 Å². The third kappa shape index (κ3) is 3.48. The summed E-state index contributed by atoms with van der Waals surface area (Å²) < 4.78 is 0.895. The third-order valence-corrected chi connectivity index (χ3v) is 3.71. The van der Waals surface area contributed by atoms with E-state index in [1.54, 1.807) is 6.07 Å². The van der Waals surface area contributed by atoms with E-state index >= 15 is 0 Å². The number of hydrogen-bond donors (Lipinski definition) is 1. The highest BCUT2D eigenvalue weighted by Gasteiger charge is 2.13. The molecule has 1 N–H and O–H groups in total. The summed E-state index contributed by atoms with van der Waals surface area (Å²) in [5.74, 6) is 0. The summed E-state index contributed by atoms with van der Waals surface area (Å²) in [6.07, 6.45) is -0.162. The molecule has 0 bridgehead atoms. The van der Waals surface area contributed by atoms with Crippen LogP contribution in [0.1, 0.15) is 17.2 Å². The molecule has 0 aliphatic carbocycles. The Hall–Kier alpha value is -0.540. The SMILES string of the molecule is OC(Cc1cccc(Cl)c1)c1cc(Br)ccc1Cl. The zero-order chi connectivity index (χ0) is 13.1. The van der Waals surface area contributed by atoms with Crippen molar-refractivity contribution in [1.29, 1.82) is 0 Å². The molecule has 4 heteroatoms. The average molecular weight is 346 g/mol. The smallest absolute Gasteiger partial charge is 0.0845 e. The number of hydrogen-bond acceptors (Lipinski definition) is 1. The zero-order valence-electron chi connectivity index (χ0n) is 9.41. The first kappa shape index (κ1) is 13.9. The van der Waals surface area contributed by atoms with Crippen LogP contribution in [0.2, 0.25) is 10.0 Å². The van der Waals surface area contributed by atoms with Crippen LogP contribution in [-0.2, 0) is 6.42 Å². The van der Waals surface area contributed by atoms with E-state index in [4.69, 9.17) is 23.2 Å². The number of rotatable bonds is 3. The predicted molar refractivity (Wildman–Crippen MR) is 79.3 cm³/mol. The molecule has 0 aliphatic rings. The molecule has 2 rings (SSSR count). The van der Waals surface area contributed by atoms with Gasteiger partial charge in [0.05, 0.1) is 6.10 Å². The van der Waals surface area contributed by atoms with E-state index in [1.807, 2.05) is 36.4 Å². The highest BCUT2D eigenvalue weighted by atomic mass is 79.9. The molecule has 0 amide bonds. The lowest BCUT2D eigenvalue weighted by Gasteiger charge is -2.13. The maximum Gasteiger partial charge on any atom is 0.0845 e. The lowest BCUT2D eigenvalue weighted by atomic mass is 10.0. The quantitative estimate of drug-likeness (QED) is 0.826. The summed E-state index contributed by atoms with van der Waals surface area (Å²) in [5.41, 5.74) is 1.69. The van der Waals surface area contributed by atoms with Gasteiger partial charge < -0.3 is 5.11 Å². The van der Waals surface area contributed by atoms with E-state index in [1.165, 1.54) is 0 Å². The molecule has 0 aliphatic heterocycles. The highest BCUT2D eigenvalue weighted by molar-refractivity contribution is 9.10. The summed E-state index contributed by atoms with van der Waals surface area (Å²) in [4.78, 5) is 0. The Kier molecular flexibility index (Phi) is 4.68. The molecule has 1 nitrogen and oxygen atoms in total. The van der Waals surface area contributed by atoms with Gasteiger partial charge in [-0.05, 0) is 35.9 Å². The fourth-order valence-electron chi connectivity index (χ4n) is 1.77. The summed E-state index contributed by atoms with van der Waals surface area (Å²) >= 11 is 15.4. The maximum atomic E-state index is 10.2. The Morgan fingerprint density at radius 2 is 1.89 bits per heavy atom. The largest absolute Gasteiger partial charge is 0.388 e. The van der Waals surface area contributed by atoms with Crippen LogP contribution in [0.5, 0.6) is 0 Å². The minimum Gasteiger partial charge on any atom is -0.388 e. The second-order valence-corrected chi connectivity index (χ2v) is 5.77. The summed E-state index contributed by atoms with van der Waals surface area (Å²) in [5, 5.41) is 11.5.